The zero-order valence-corrected chi connectivity index (χ0v) is 15.2. The van der Waals surface area contributed by atoms with E-state index in [4.69, 9.17) is 8.37 Å². The zero-order valence-electron chi connectivity index (χ0n) is 13.5. The lowest BCUT2D eigenvalue weighted by Crippen LogP contribution is -1.88. The molecular weight excluding hydrogens is 288 g/mol. The number of hydrogen-bond acceptors (Lipinski definition) is 4. The van der Waals surface area contributed by atoms with Crippen molar-refractivity contribution in [2.24, 2.45) is 0 Å². The van der Waals surface area contributed by atoms with Gasteiger partial charge in [0.05, 0.1) is 35.4 Å². The van der Waals surface area contributed by atoms with E-state index >= 15 is 0 Å². The second-order valence-electron chi connectivity index (χ2n) is 5.32. The van der Waals surface area contributed by atoms with Crippen LogP contribution in [0.4, 0.5) is 0 Å². The molecule has 0 atom stereocenters. The van der Waals surface area contributed by atoms with Crippen molar-refractivity contribution >= 4 is 22.1 Å². The Labute approximate surface area is 135 Å². The first-order valence-corrected chi connectivity index (χ1v) is 10.5. The van der Waals surface area contributed by atoms with Crippen molar-refractivity contribution in [3.8, 4) is 0 Å². The summed E-state index contributed by atoms with van der Waals surface area (Å²) in [6.07, 6.45) is 15.8. The topological polar surface area (TPSA) is 18.5 Å². The molecule has 0 radical (unpaired) electrons. The second kappa shape index (κ2) is 19.6. The van der Waals surface area contributed by atoms with Gasteiger partial charge in [0, 0.05) is 0 Å². The van der Waals surface area contributed by atoms with Crippen molar-refractivity contribution in [1.82, 2.24) is 0 Å². The van der Waals surface area contributed by atoms with E-state index in [1.807, 2.05) is 0 Å². The highest BCUT2D eigenvalue weighted by Gasteiger charge is 1.95. The highest BCUT2D eigenvalue weighted by Crippen LogP contribution is 2.24. The lowest BCUT2D eigenvalue weighted by Gasteiger charge is -2.03. The van der Waals surface area contributed by atoms with Crippen LogP contribution in [0.25, 0.3) is 0 Å². The molecule has 0 aliphatic heterocycles. The van der Waals surface area contributed by atoms with E-state index in [1.54, 1.807) is 0 Å². The van der Waals surface area contributed by atoms with Crippen LogP contribution in [0, 0.1) is 0 Å². The second-order valence-corrected chi connectivity index (χ2v) is 6.88. The first-order valence-electron chi connectivity index (χ1n) is 8.49. The van der Waals surface area contributed by atoms with E-state index in [1.165, 1.54) is 99.2 Å². The molecule has 0 aromatic rings. The van der Waals surface area contributed by atoms with Gasteiger partial charge in [-0.2, -0.15) is 0 Å². The smallest absolute Gasteiger partial charge is 0.0925 e. The van der Waals surface area contributed by atoms with Gasteiger partial charge in [0.1, 0.15) is 0 Å². The lowest BCUT2D eigenvalue weighted by molar-refractivity contribution is 0.348. The molecule has 0 heterocycles. The minimum atomic E-state index is 0.851. The van der Waals surface area contributed by atoms with Gasteiger partial charge in [0.15, 0.2) is 0 Å². The van der Waals surface area contributed by atoms with Crippen molar-refractivity contribution in [3.05, 3.63) is 0 Å². The van der Waals surface area contributed by atoms with Crippen LogP contribution in [-0.4, -0.2) is 13.2 Å². The van der Waals surface area contributed by atoms with Gasteiger partial charge >= 0.3 is 0 Å². The Morgan fingerprint density at radius 2 is 0.850 bits per heavy atom. The van der Waals surface area contributed by atoms with Crippen LogP contribution in [0.3, 0.4) is 0 Å². The van der Waals surface area contributed by atoms with Crippen molar-refractivity contribution in [1.29, 1.82) is 0 Å². The predicted octanol–water partition coefficient (Wildman–Crippen LogP) is 6.95. The van der Waals surface area contributed by atoms with Crippen molar-refractivity contribution < 1.29 is 8.37 Å². The summed E-state index contributed by atoms with van der Waals surface area (Å²) in [7, 11) is 0. The highest BCUT2D eigenvalue weighted by atomic mass is 33.1. The molecule has 0 bridgehead atoms. The normalized spacial score (nSPS) is 11.1. The Morgan fingerprint density at radius 1 is 0.500 bits per heavy atom. The Hall–Kier alpha value is 0.620. The van der Waals surface area contributed by atoms with Gasteiger partial charge in [-0.1, -0.05) is 78.1 Å². The van der Waals surface area contributed by atoms with E-state index in [2.05, 4.69) is 13.8 Å². The molecule has 0 fully saturated rings. The van der Waals surface area contributed by atoms with Crippen LogP contribution in [0.1, 0.15) is 90.9 Å². The third-order valence-electron chi connectivity index (χ3n) is 3.29. The molecule has 0 aliphatic carbocycles. The summed E-state index contributed by atoms with van der Waals surface area (Å²) < 4.78 is 10.9. The molecule has 0 amide bonds. The standard InChI is InChI=1S/C16H34O2S2/c1-3-5-7-9-11-13-15-17-19-20-18-16-14-12-10-8-6-4-2/h3-16H2,1-2H3. The minimum absolute atomic E-state index is 0.851. The fourth-order valence-corrected chi connectivity index (χ4v) is 3.08. The molecule has 0 saturated heterocycles. The van der Waals surface area contributed by atoms with Crippen LogP contribution in [-0.2, 0) is 8.37 Å². The lowest BCUT2D eigenvalue weighted by atomic mass is 10.1. The summed E-state index contributed by atoms with van der Waals surface area (Å²) in [5, 5.41) is 0. The molecule has 0 unspecified atom stereocenters. The molecule has 0 aliphatic rings. The van der Waals surface area contributed by atoms with E-state index < -0.39 is 0 Å². The largest absolute Gasteiger partial charge is 0.303 e. The van der Waals surface area contributed by atoms with E-state index in [0.29, 0.717) is 0 Å². The van der Waals surface area contributed by atoms with Crippen molar-refractivity contribution in [2.75, 3.05) is 13.2 Å². The predicted molar refractivity (Wildman–Crippen MR) is 93.8 cm³/mol. The first-order chi connectivity index (χ1) is 9.91. The summed E-state index contributed by atoms with van der Waals surface area (Å²) in [4.78, 5) is 0. The van der Waals surface area contributed by atoms with Crippen molar-refractivity contribution in [3.63, 3.8) is 0 Å². The molecule has 0 rings (SSSR count). The molecule has 122 valence electrons. The molecule has 4 heteroatoms. The maximum absolute atomic E-state index is 5.45. The van der Waals surface area contributed by atoms with E-state index in [0.717, 1.165) is 13.2 Å². The van der Waals surface area contributed by atoms with Crippen LogP contribution >= 0.6 is 22.1 Å². The summed E-state index contributed by atoms with van der Waals surface area (Å²) in [5.74, 6) is 0. The Bertz CT molecular complexity index is 151. The first kappa shape index (κ1) is 20.6. The molecule has 0 saturated carbocycles. The third kappa shape index (κ3) is 18.6. The molecular formula is C16H34O2S2. The van der Waals surface area contributed by atoms with Crippen molar-refractivity contribution in [2.45, 2.75) is 90.9 Å². The van der Waals surface area contributed by atoms with E-state index in [9.17, 15) is 0 Å². The fraction of sp³-hybridized carbons (Fsp3) is 1.00. The summed E-state index contributed by atoms with van der Waals surface area (Å²) in [5.41, 5.74) is 0. The number of unbranched alkanes of at least 4 members (excludes halogenated alkanes) is 10. The Morgan fingerprint density at radius 3 is 1.25 bits per heavy atom. The average molecular weight is 323 g/mol. The molecule has 2 nitrogen and oxygen atoms in total. The minimum Gasteiger partial charge on any atom is -0.303 e. The quantitative estimate of drug-likeness (QED) is 0.164. The maximum Gasteiger partial charge on any atom is 0.0925 e. The van der Waals surface area contributed by atoms with Crippen LogP contribution in [0.5, 0.6) is 0 Å². The third-order valence-corrected chi connectivity index (χ3v) is 4.61. The molecule has 0 aromatic heterocycles. The monoisotopic (exact) mass is 322 g/mol. The Balaban J connectivity index is 2.89. The van der Waals surface area contributed by atoms with Gasteiger partial charge in [0.25, 0.3) is 0 Å². The van der Waals surface area contributed by atoms with Gasteiger partial charge in [0.2, 0.25) is 0 Å². The average Bonchev–Trinajstić information content (AvgIpc) is 2.47. The van der Waals surface area contributed by atoms with Gasteiger partial charge in [-0.3, -0.25) is 0 Å². The SMILES string of the molecule is CCCCCCCCOSSOCCCCCCCC. The van der Waals surface area contributed by atoms with Crippen LogP contribution < -0.4 is 0 Å². The fourth-order valence-electron chi connectivity index (χ4n) is 1.99. The number of hydrogen-bond donors (Lipinski definition) is 0. The summed E-state index contributed by atoms with van der Waals surface area (Å²) >= 11 is 2.78. The van der Waals surface area contributed by atoms with Crippen LogP contribution in [0.15, 0.2) is 0 Å². The van der Waals surface area contributed by atoms with Gasteiger partial charge in [-0.15, -0.1) is 0 Å². The van der Waals surface area contributed by atoms with Gasteiger partial charge in [-0.25, -0.2) is 0 Å². The van der Waals surface area contributed by atoms with Gasteiger partial charge in [-0.05, 0) is 12.8 Å². The van der Waals surface area contributed by atoms with Crippen LogP contribution in [0.2, 0.25) is 0 Å². The molecule has 0 aromatic carbocycles. The maximum atomic E-state index is 5.45. The Kier molecular flexibility index (Phi) is 20.2. The zero-order chi connectivity index (χ0) is 14.7. The summed E-state index contributed by atoms with van der Waals surface area (Å²) in [6, 6.07) is 0. The number of rotatable bonds is 17. The van der Waals surface area contributed by atoms with E-state index in [-0.39, 0.29) is 0 Å². The van der Waals surface area contributed by atoms with Gasteiger partial charge < -0.3 is 8.37 Å². The molecule has 20 heavy (non-hydrogen) atoms. The molecule has 0 N–H and O–H groups in total. The summed E-state index contributed by atoms with van der Waals surface area (Å²) in [6.45, 7) is 6.21. The highest BCUT2D eigenvalue weighted by molar-refractivity contribution is 8.73. The molecule has 0 spiro atoms.